The largest absolute Gasteiger partial charge is 0.351 e. The maximum Gasteiger partial charge on any atom is 0.280 e. The average Bonchev–Trinajstić information content (AvgIpc) is 3.04. The lowest BCUT2D eigenvalue weighted by Crippen LogP contribution is -2.27. The third kappa shape index (κ3) is 4.64. The SMILES string of the molecule is CCCn1c(SCC(=O)NCc2ccccc2Cl)nc2c(C)nn(CC)c2c1=O. The fraction of sp³-hybridized carbons (Fsp3) is 0.400. The van der Waals surface area contributed by atoms with E-state index in [-0.39, 0.29) is 17.2 Å². The van der Waals surface area contributed by atoms with E-state index in [2.05, 4.69) is 15.4 Å². The van der Waals surface area contributed by atoms with E-state index in [1.165, 1.54) is 11.8 Å². The lowest BCUT2D eigenvalue weighted by atomic mass is 10.2. The van der Waals surface area contributed by atoms with Crippen LogP contribution in [-0.4, -0.2) is 31.0 Å². The van der Waals surface area contributed by atoms with E-state index < -0.39 is 0 Å². The van der Waals surface area contributed by atoms with Gasteiger partial charge in [-0.15, -0.1) is 0 Å². The van der Waals surface area contributed by atoms with E-state index >= 15 is 0 Å². The maximum absolute atomic E-state index is 13.1. The lowest BCUT2D eigenvalue weighted by molar-refractivity contribution is -0.118. The third-order valence-corrected chi connectivity index (χ3v) is 5.84. The predicted molar refractivity (Wildman–Crippen MR) is 117 cm³/mol. The van der Waals surface area contributed by atoms with Crippen LogP contribution in [0.25, 0.3) is 11.0 Å². The number of amides is 1. The van der Waals surface area contributed by atoms with Crippen molar-refractivity contribution in [3.05, 3.63) is 50.9 Å². The number of rotatable bonds is 8. The Bertz CT molecular complexity index is 1090. The number of hydrogen-bond acceptors (Lipinski definition) is 5. The van der Waals surface area contributed by atoms with Crippen LogP contribution < -0.4 is 10.9 Å². The maximum atomic E-state index is 13.1. The molecule has 0 atom stereocenters. The number of benzene rings is 1. The molecule has 0 saturated heterocycles. The first-order chi connectivity index (χ1) is 14.0. The average molecular weight is 434 g/mol. The van der Waals surface area contributed by atoms with Crippen molar-refractivity contribution >= 4 is 40.3 Å². The van der Waals surface area contributed by atoms with Crippen molar-refractivity contribution in [2.24, 2.45) is 0 Å². The highest BCUT2D eigenvalue weighted by Crippen LogP contribution is 2.20. The van der Waals surface area contributed by atoms with Gasteiger partial charge in [0.15, 0.2) is 10.7 Å². The molecule has 0 aliphatic carbocycles. The van der Waals surface area contributed by atoms with Crippen LogP contribution in [0.5, 0.6) is 0 Å². The Morgan fingerprint density at radius 1 is 1.28 bits per heavy atom. The Labute approximate surface area is 178 Å². The molecule has 3 aromatic rings. The Morgan fingerprint density at radius 3 is 2.72 bits per heavy atom. The number of halogens is 1. The molecule has 29 heavy (non-hydrogen) atoms. The van der Waals surface area contributed by atoms with Crippen LogP contribution in [0.1, 0.15) is 31.5 Å². The highest BCUT2D eigenvalue weighted by molar-refractivity contribution is 7.99. The van der Waals surface area contributed by atoms with E-state index in [1.54, 1.807) is 15.3 Å². The van der Waals surface area contributed by atoms with Crippen LogP contribution in [0, 0.1) is 6.92 Å². The highest BCUT2D eigenvalue weighted by Gasteiger charge is 2.18. The molecule has 3 rings (SSSR count). The van der Waals surface area contributed by atoms with Gasteiger partial charge in [0.25, 0.3) is 5.56 Å². The number of hydrogen-bond donors (Lipinski definition) is 1. The molecule has 1 N–H and O–H groups in total. The first-order valence-corrected chi connectivity index (χ1v) is 10.9. The van der Waals surface area contributed by atoms with Crippen molar-refractivity contribution in [2.45, 2.75) is 52.0 Å². The second-order valence-corrected chi connectivity index (χ2v) is 7.96. The molecule has 0 aliphatic rings. The molecule has 0 aliphatic heterocycles. The minimum atomic E-state index is -0.145. The molecule has 9 heteroatoms. The smallest absolute Gasteiger partial charge is 0.280 e. The summed E-state index contributed by atoms with van der Waals surface area (Å²) >= 11 is 7.38. The number of nitrogens with zero attached hydrogens (tertiary/aromatic N) is 4. The monoisotopic (exact) mass is 433 g/mol. The Hall–Kier alpha value is -2.32. The Kier molecular flexibility index (Phi) is 6.97. The van der Waals surface area contributed by atoms with Crippen molar-refractivity contribution in [3.63, 3.8) is 0 Å². The third-order valence-electron chi connectivity index (χ3n) is 4.49. The lowest BCUT2D eigenvalue weighted by Gasteiger charge is -2.12. The first kappa shape index (κ1) is 21.4. The number of carbonyl (C=O) groups is 1. The summed E-state index contributed by atoms with van der Waals surface area (Å²) in [4.78, 5) is 30.1. The van der Waals surface area contributed by atoms with Gasteiger partial charge in [-0.3, -0.25) is 18.8 Å². The summed E-state index contributed by atoms with van der Waals surface area (Å²) < 4.78 is 3.33. The van der Waals surface area contributed by atoms with Gasteiger partial charge in [0.05, 0.1) is 11.4 Å². The number of thioether (sulfide) groups is 1. The van der Waals surface area contributed by atoms with Crippen molar-refractivity contribution in [1.82, 2.24) is 24.6 Å². The standard InChI is InChI=1S/C20H24ClN5O2S/c1-4-10-25-19(28)18-17(13(3)24-26(18)5-2)23-20(25)29-12-16(27)22-11-14-8-6-7-9-15(14)21/h6-9H,4-5,10-12H2,1-3H3,(H,22,27). The predicted octanol–water partition coefficient (Wildman–Crippen LogP) is 3.39. The van der Waals surface area contributed by atoms with Gasteiger partial charge in [0.2, 0.25) is 5.91 Å². The summed E-state index contributed by atoms with van der Waals surface area (Å²) in [5.74, 6) is 0.0147. The summed E-state index contributed by atoms with van der Waals surface area (Å²) in [6.07, 6.45) is 0.790. The fourth-order valence-electron chi connectivity index (χ4n) is 3.06. The summed E-state index contributed by atoms with van der Waals surface area (Å²) in [7, 11) is 0. The first-order valence-electron chi connectivity index (χ1n) is 9.57. The minimum Gasteiger partial charge on any atom is -0.351 e. The molecule has 0 radical (unpaired) electrons. The van der Waals surface area contributed by atoms with Gasteiger partial charge < -0.3 is 5.32 Å². The molecular formula is C20H24ClN5O2S. The molecule has 0 unspecified atom stereocenters. The van der Waals surface area contributed by atoms with Crippen LogP contribution in [0.2, 0.25) is 5.02 Å². The topological polar surface area (TPSA) is 81.8 Å². The molecule has 154 valence electrons. The highest BCUT2D eigenvalue weighted by atomic mass is 35.5. The van der Waals surface area contributed by atoms with E-state index in [9.17, 15) is 9.59 Å². The van der Waals surface area contributed by atoms with Crippen LogP contribution in [0.15, 0.2) is 34.2 Å². The normalized spacial score (nSPS) is 11.2. The zero-order valence-electron chi connectivity index (χ0n) is 16.7. The molecule has 0 saturated carbocycles. The van der Waals surface area contributed by atoms with Gasteiger partial charge >= 0.3 is 0 Å². The molecule has 2 aromatic heterocycles. The quantitative estimate of drug-likeness (QED) is 0.435. The zero-order chi connectivity index (χ0) is 21.0. The van der Waals surface area contributed by atoms with Gasteiger partial charge in [-0.25, -0.2) is 4.98 Å². The van der Waals surface area contributed by atoms with Crippen LogP contribution in [0.3, 0.4) is 0 Å². The Morgan fingerprint density at radius 2 is 2.03 bits per heavy atom. The number of fused-ring (bicyclic) bond motifs is 1. The van der Waals surface area contributed by atoms with Crippen LogP contribution in [-0.2, 0) is 24.4 Å². The van der Waals surface area contributed by atoms with Gasteiger partial charge in [-0.2, -0.15) is 5.10 Å². The number of aromatic nitrogens is 4. The summed E-state index contributed by atoms with van der Waals surface area (Å²) in [5.41, 5.74) is 2.58. The molecule has 1 amide bonds. The second-order valence-electron chi connectivity index (χ2n) is 6.61. The van der Waals surface area contributed by atoms with Gasteiger partial charge in [0.1, 0.15) is 5.52 Å². The van der Waals surface area contributed by atoms with Gasteiger partial charge in [-0.1, -0.05) is 48.5 Å². The van der Waals surface area contributed by atoms with Gasteiger partial charge in [-0.05, 0) is 31.9 Å². The van der Waals surface area contributed by atoms with E-state index in [0.717, 1.165) is 12.0 Å². The van der Waals surface area contributed by atoms with E-state index in [1.807, 2.05) is 39.0 Å². The minimum absolute atomic E-state index is 0.113. The van der Waals surface area contributed by atoms with Gasteiger partial charge in [0, 0.05) is 24.7 Å². The summed E-state index contributed by atoms with van der Waals surface area (Å²) in [6, 6.07) is 7.39. The molecular weight excluding hydrogens is 410 g/mol. The van der Waals surface area contributed by atoms with Crippen molar-refractivity contribution in [1.29, 1.82) is 0 Å². The molecule has 0 spiro atoms. The number of aryl methyl sites for hydroxylation is 2. The van der Waals surface area contributed by atoms with Crippen LogP contribution in [0.4, 0.5) is 0 Å². The van der Waals surface area contributed by atoms with Crippen LogP contribution >= 0.6 is 23.4 Å². The van der Waals surface area contributed by atoms with Crippen molar-refractivity contribution in [3.8, 4) is 0 Å². The second kappa shape index (κ2) is 9.45. The molecule has 0 bridgehead atoms. The summed E-state index contributed by atoms with van der Waals surface area (Å²) in [5, 5.41) is 8.44. The Balaban J connectivity index is 1.79. The van der Waals surface area contributed by atoms with E-state index in [4.69, 9.17) is 11.6 Å². The summed E-state index contributed by atoms with van der Waals surface area (Å²) in [6.45, 7) is 7.29. The molecule has 7 nitrogen and oxygen atoms in total. The zero-order valence-corrected chi connectivity index (χ0v) is 18.3. The molecule has 1 aromatic carbocycles. The van der Waals surface area contributed by atoms with E-state index in [0.29, 0.717) is 46.5 Å². The fourth-order valence-corrected chi connectivity index (χ4v) is 4.12. The number of nitrogens with one attached hydrogen (secondary N) is 1. The molecule has 0 fully saturated rings. The number of carbonyl (C=O) groups excluding carboxylic acids is 1. The molecule has 2 heterocycles. The van der Waals surface area contributed by atoms with Crippen molar-refractivity contribution in [2.75, 3.05) is 5.75 Å². The van der Waals surface area contributed by atoms with Crippen molar-refractivity contribution < 1.29 is 4.79 Å².